The minimum Gasteiger partial charge on any atom is -0.325 e. The zero-order valence-electron chi connectivity index (χ0n) is 16.2. The van der Waals surface area contributed by atoms with Crippen molar-refractivity contribution in [2.45, 2.75) is 31.7 Å². The fraction of sp³-hybridized carbons (Fsp3) is 0.364. The molecule has 1 atom stereocenters. The Labute approximate surface area is 170 Å². The van der Waals surface area contributed by atoms with E-state index in [1.807, 2.05) is 53.6 Å². The van der Waals surface area contributed by atoms with E-state index in [0.717, 1.165) is 36.4 Å². The fourth-order valence-electron chi connectivity index (χ4n) is 3.38. The molecular weight excluding hydrogens is 370 g/mol. The molecule has 0 fully saturated rings. The predicted octanol–water partition coefficient (Wildman–Crippen LogP) is 3.23. The number of aryl methyl sites for hydroxylation is 1. The molecule has 2 amide bonds. The van der Waals surface area contributed by atoms with Gasteiger partial charge in [0, 0.05) is 17.9 Å². The molecule has 0 unspecified atom stereocenters. The molecule has 0 aromatic heterocycles. The van der Waals surface area contributed by atoms with Gasteiger partial charge < -0.3 is 16.0 Å². The first kappa shape index (κ1) is 20.4. The summed E-state index contributed by atoms with van der Waals surface area (Å²) in [5, 5.41) is 2.84. The van der Waals surface area contributed by atoms with Crippen LogP contribution in [0.5, 0.6) is 0 Å². The van der Waals surface area contributed by atoms with E-state index in [-0.39, 0.29) is 11.8 Å². The number of rotatable bonds is 7. The van der Waals surface area contributed by atoms with Crippen LogP contribution < -0.4 is 16.0 Å². The average molecular weight is 398 g/mol. The lowest BCUT2D eigenvalue weighted by molar-refractivity contribution is -0.118. The van der Waals surface area contributed by atoms with Crippen molar-refractivity contribution in [3.8, 4) is 0 Å². The van der Waals surface area contributed by atoms with Gasteiger partial charge in [-0.25, -0.2) is 0 Å². The number of fused-ring (bicyclic) bond motifs is 1. The van der Waals surface area contributed by atoms with E-state index in [9.17, 15) is 9.59 Å². The van der Waals surface area contributed by atoms with Gasteiger partial charge in [-0.05, 0) is 60.6 Å². The smallest absolute Gasteiger partial charge is 0.241 e. The molecule has 2 aromatic carbocycles. The van der Waals surface area contributed by atoms with Crippen molar-refractivity contribution in [1.82, 2.24) is 0 Å². The zero-order chi connectivity index (χ0) is 19.9. The number of thioether (sulfide) groups is 1. The van der Waals surface area contributed by atoms with Crippen LogP contribution in [0, 0.1) is 0 Å². The number of carbonyl (C=O) groups is 2. The van der Waals surface area contributed by atoms with Gasteiger partial charge in [0.25, 0.3) is 0 Å². The van der Waals surface area contributed by atoms with E-state index in [0.29, 0.717) is 18.5 Å². The highest BCUT2D eigenvalue weighted by Crippen LogP contribution is 2.27. The Morgan fingerprint density at radius 3 is 2.68 bits per heavy atom. The van der Waals surface area contributed by atoms with Gasteiger partial charge in [-0.2, -0.15) is 11.8 Å². The zero-order valence-corrected chi connectivity index (χ0v) is 17.0. The van der Waals surface area contributed by atoms with Crippen LogP contribution in [-0.4, -0.2) is 36.4 Å². The van der Waals surface area contributed by atoms with Crippen molar-refractivity contribution >= 4 is 35.0 Å². The van der Waals surface area contributed by atoms with Gasteiger partial charge in [-0.1, -0.05) is 30.3 Å². The summed E-state index contributed by atoms with van der Waals surface area (Å²) in [5.41, 5.74) is 9.78. The summed E-state index contributed by atoms with van der Waals surface area (Å²) in [6.45, 7) is 0.762. The van der Waals surface area contributed by atoms with Crippen LogP contribution in [0.2, 0.25) is 0 Å². The number of hydrogen-bond donors (Lipinski definition) is 2. The van der Waals surface area contributed by atoms with Gasteiger partial charge in [0.05, 0.1) is 12.5 Å². The van der Waals surface area contributed by atoms with Gasteiger partial charge >= 0.3 is 0 Å². The van der Waals surface area contributed by atoms with Crippen LogP contribution in [0.3, 0.4) is 0 Å². The van der Waals surface area contributed by atoms with Crippen molar-refractivity contribution in [2.24, 2.45) is 5.73 Å². The molecule has 6 heteroatoms. The minimum absolute atomic E-state index is 0.100. The van der Waals surface area contributed by atoms with Gasteiger partial charge in [-0.3, -0.25) is 9.59 Å². The second kappa shape index (κ2) is 9.75. The monoisotopic (exact) mass is 397 g/mol. The number of para-hydroxylation sites is 1. The summed E-state index contributed by atoms with van der Waals surface area (Å²) < 4.78 is 0. The SMILES string of the molecule is CSCC[C@H](N)C(=O)Nc1ccc(CC(=O)N2CCCc3ccccc32)cc1. The lowest BCUT2D eigenvalue weighted by Gasteiger charge is -2.29. The molecular formula is C22H27N3O2S. The van der Waals surface area contributed by atoms with E-state index in [1.165, 1.54) is 5.56 Å². The summed E-state index contributed by atoms with van der Waals surface area (Å²) in [6.07, 6.45) is 5.00. The topological polar surface area (TPSA) is 75.4 Å². The van der Waals surface area contributed by atoms with Crippen molar-refractivity contribution in [3.63, 3.8) is 0 Å². The molecule has 0 spiro atoms. The van der Waals surface area contributed by atoms with Crippen molar-refractivity contribution in [2.75, 3.05) is 28.8 Å². The first-order chi connectivity index (χ1) is 13.6. The second-order valence-electron chi connectivity index (χ2n) is 7.03. The molecule has 5 nitrogen and oxygen atoms in total. The molecule has 0 saturated heterocycles. The maximum Gasteiger partial charge on any atom is 0.241 e. The molecule has 2 aromatic rings. The molecule has 1 heterocycles. The van der Waals surface area contributed by atoms with E-state index >= 15 is 0 Å². The molecule has 28 heavy (non-hydrogen) atoms. The number of anilines is 2. The quantitative estimate of drug-likeness (QED) is 0.752. The Kier molecular flexibility index (Phi) is 7.12. The van der Waals surface area contributed by atoms with E-state index < -0.39 is 6.04 Å². The van der Waals surface area contributed by atoms with Gasteiger partial charge in [-0.15, -0.1) is 0 Å². The van der Waals surface area contributed by atoms with Crippen molar-refractivity contribution < 1.29 is 9.59 Å². The van der Waals surface area contributed by atoms with Crippen LogP contribution in [0.4, 0.5) is 11.4 Å². The molecule has 1 aliphatic rings. The molecule has 0 radical (unpaired) electrons. The fourth-order valence-corrected chi connectivity index (χ4v) is 3.87. The third-order valence-electron chi connectivity index (χ3n) is 4.96. The highest BCUT2D eigenvalue weighted by Gasteiger charge is 2.22. The van der Waals surface area contributed by atoms with Crippen LogP contribution in [0.1, 0.15) is 24.0 Å². The van der Waals surface area contributed by atoms with Gasteiger partial charge in [0.15, 0.2) is 0 Å². The average Bonchev–Trinajstić information content (AvgIpc) is 2.72. The molecule has 148 valence electrons. The molecule has 0 aliphatic carbocycles. The number of nitrogens with zero attached hydrogens (tertiary/aromatic N) is 1. The molecule has 3 N–H and O–H groups in total. The summed E-state index contributed by atoms with van der Waals surface area (Å²) in [5.74, 6) is 0.778. The van der Waals surface area contributed by atoms with Crippen LogP contribution in [0.25, 0.3) is 0 Å². The molecule has 3 rings (SSSR count). The van der Waals surface area contributed by atoms with E-state index in [2.05, 4.69) is 11.4 Å². The van der Waals surface area contributed by atoms with Gasteiger partial charge in [0.1, 0.15) is 0 Å². The van der Waals surface area contributed by atoms with E-state index in [1.54, 1.807) is 11.8 Å². The van der Waals surface area contributed by atoms with Crippen molar-refractivity contribution in [3.05, 3.63) is 59.7 Å². The summed E-state index contributed by atoms with van der Waals surface area (Å²) in [7, 11) is 0. The third kappa shape index (κ3) is 5.14. The lowest BCUT2D eigenvalue weighted by Crippen LogP contribution is -2.36. The number of amides is 2. The second-order valence-corrected chi connectivity index (χ2v) is 8.01. The van der Waals surface area contributed by atoms with Crippen molar-refractivity contribution in [1.29, 1.82) is 0 Å². The standard InChI is InChI=1S/C22H27N3O2S/c1-28-14-12-19(23)22(27)24-18-10-8-16(9-11-18)15-21(26)25-13-4-6-17-5-2-3-7-20(17)25/h2-3,5,7-11,19H,4,6,12-15,23H2,1H3,(H,24,27)/t19-/m0/s1. The maximum atomic E-state index is 12.8. The Morgan fingerprint density at radius 1 is 1.18 bits per heavy atom. The number of hydrogen-bond acceptors (Lipinski definition) is 4. The predicted molar refractivity (Wildman–Crippen MR) is 117 cm³/mol. The normalized spacial score (nSPS) is 14.3. The Hall–Kier alpha value is -2.31. The summed E-state index contributed by atoms with van der Waals surface area (Å²) >= 11 is 1.67. The number of nitrogens with two attached hydrogens (primary N) is 1. The highest BCUT2D eigenvalue weighted by molar-refractivity contribution is 7.98. The Balaban J connectivity index is 1.59. The molecule has 0 bridgehead atoms. The maximum absolute atomic E-state index is 12.8. The first-order valence-electron chi connectivity index (χ1n) is 9.61. The molecule has 1 aliphatic heterocycles. The number of nitrogens with one attached hydrogen (secondary N) is 1. The van der Waals surface area contributed by atoms with Crippen LogP contribution in [-0.2, 0) is 22.4 Å². The largest absolute Gasteiger partial charge is 0.325 e. The third-order valence-corrected chi connectivity index (χ3v) is 5.60. The molecule has 0 saturated carbocycles. The number of benzene rings is 2. The highest BCUT2D eigenvalue weighted by atomic mass is 32.2. The lowest BCUT2D eigenvalue weighted by atomic mass is 10.0. The first-order valence-corrected chi connectivity index (χ1v) is 11.0. The Bertz CT molecular complexity index is 823. The number of carbonyl (C=O) groups excluding carboxylic acids is 2. The minimum atomic E-state index is -0.507. The van der Waals surface area contributed by atoms with Crippen LogP contribution in [0.15, 0.2) is 48.5 Å². The van der Waals surface area contributed by atoms with Crippen LogP contribution >= 0.6 is 11.8 Å². The summed E-state index contributed by atoms with van der Waals surface area (Å²) in [4.78, 5) is 26.8. The van der Waals surface area contributed by atoms with E-state index in [4.69, 9.17) is 5.73 Å². The van der Waals surface area contributed by atoms with Gasteiger partial charge in [0.2, 0.25) is 11.8 Å². The summed E-state index contributed by atoms with van der Waals surface area (Å²) in [6, 6.07) is 15.0. The Morgan fingerprint density at radius 2 is 1.93 bits per heavy atom.